The van der Waals surface area contributed by atoms with E-state index in [1.54, 1.807) is 0 Å². The Hall–Kier alpha value is -0.570. The van der Waals surface area contributed by atoms with Crippen LogP contribution in [-0.2, 0) is 4.79 Å². The predicted molar refractivity (Wildman–Crippen MR) is 102 cm³/mol. The van der Waals surface area contributed by atoms with Gasteiger partial charge in [0.25, 0.3) is 0 Å². The summed E-state index contributed by atoms with van der Waals surface area (Å²) >= 11 is 0. The predicted octanol–water partition coefficient (Wildman–Crippen LogP) is 4.42. The molecule has 0 aromatic heterocycles. The minimum absolute atomic E-state index is 0.395. The molecule has 0 spiro atoms. The van der Waals surface area contributed by atoms with Crippen molar-refractivity contribution in [2.24, 2.45) is 23.7 Å². The zero-order valence-electron chi connectivity index (χ0n) is 16.6. The maximum absolute atomic E-state index is 12.4. The molecule has 1 amide bonds. The summed E-state index contributed by atoms with van der Waals surface area (Å²) in [5.41, 5.74) is 0. The average molecular weight is 337 g/mol. The molecular weight excluding hydrogens is 296 g/mol. The number of piperidine rings is 2. The molecule has 2 aliphatic heterocycles. The Morgan fingerprint density at radius 3 is 2.12 bits per heavy atom. The maximum atomic E-state index is 12.4. The third-order valence-electron chi connectivity index (χ3n) is 6.21. The maximum Gasteiger partial charge on any atom is 0.222 e. The minimum Gasteiger partial charge on any atom is -0.343 e. The minimum atomic E-state index is 0.395. The quantitative estimate of drug-likeness (QED) is 0.687. The number of nitrogens with zero attached hydrogens (tertiary/aromatic N) is 2. The first-order chi connectivity index (χ1) is 11.5. The van der Waals surface area contributed by atoms with Gasteiger partial charge in [0.15, 0.2) is 0 Å². The highest BCUT2D eigenvalue weighted by molar-refractivity contribution is 5.76. The zero-order valence-corrected chi connectivity index (χ0v) is 16.6. The summed E-state index contributed by atoms with van der Waals surface area (Å²) in [4.78, 5) is 17.1. The van der Waals surface area contributed by atoms with Crippen LogP contribution < -0.4 is 0 Å². The van der Waals surface area contributed by atoms with E-state index in [0.29, 0.717) is 5.91 Å². The lowest BCUT2D eigenvalue weighted by atomic mass is 9.86. The van der Waals surface area contributed by atoms with E-state index in [4.69, 9.17) is 0 Å². The van der Waals surface area contributed by atoms with E-state index in [9.17, 15) is 4.79 Å². The van der Waals surface area contributed by atoms with Gasteiger partial charge in [-0.25, -0.2) is 0 Å². The number of hydrogen-bond donors (Lipinski definition) is 0. The summed E-state index contributed by atoms with van der Waals surface area (Å²) in [5.74, 6) is 3.75. The van der Waals surface area contributed by atoms with Crippen molar-refractivity contribution in [1.82, 2.24) is 9.80 Å². The van der Waals surface area contributed by atoms with Crippen molar-refractivity contribution in [1.29, 1.82) is 0 Å². The number of rotatable bonds is 7. The molecule has 0 aromatic carbocycles. The van der Waals surface area contributed by atoms with Crippen LogP contribution in [0.15, 0.2) is 0 Å². The van der Waals surface area contributed by atoms with Crippen molar-refractivity contribution < 1.29 is 4.79 Å². The average Bonchev–Trinajstić information content (AvgIpc) is 2.56. The van der Waals surface area contributed by atoms with Gasteiger partial charge in [-0.2, -0.15) is 0 Å². The summed E-state index contributed by atoms with van der Waals surface area (Å²) in [5, 5.41) is 0. The standard InChI is InChI=1S/C21H40N2O/c1-17(2)16-19-7-12-22(13-8-19)11-5-6-21(24)23-14-9-20(10-15-23)18(3)4/h17-20H,5-16H2,1-4H3. The number of likely N-dealkylation sites (tertiary alicyclic amines) is 2. The Bertz CT molecular complexity index is 364. The van der Waals surface area contributed by atoms with Gasteiger partial charge in [0.1, 0.15) is 0 Å². The van der Waals surface area contributed by atoms with Crippen LogP contribution in [0.3, 0.4) is 0 Å². The summed E-state index contributed by atoms with van der Waals surface area (Å²) in [6.07, 6.45) is 8.29. The van der Waals surface area contributed by atoms with Crippen LogP contribution in [0.2, 0.25) is 0 Å². The fourth-order valence-corrected chi connectivity index (χ4v) is 4.54. The SMILES string of the molecule is CC(C)CC1CCN(CCCC(=O)N2CCC(C(C)C)CC2)CC1. The van der Waals surface area contributed by atoms with Gasteiger partial charge in [-0.1, -0.05) is 27.7 Å². The Labute approximate surface area is 150 Å². The van der Waals surface area contributed by atoms with E-state index in [1.807, 2.05) is 0 Å². The third kappa shape index (κ3) is 6.38. The second kappa shape index (κ2) is 9.79. The lowest BCUT2D eigenvalue weighted by Gasteiger charge is -2.34. The first-order valence-corrected chi connectivity index (χ1v) is 10.5. The molecule has 2 rings (SSSR count). The van der Waals surface area contributed by atoms with E-state index >= 15 is 0 Å². The molecule has 3 nitrogen and oxygen atoms in total. The normalized spacial score (nSPS) is 21.8. The van der Waals surface area contributed by atoms with Gasteiger partial charge in [-0.05, 0) is 81.8 Å². The van der Waals surface area contributed by atoms with Gasteiger partial charge in [-0.15, -0.1) is 0 Å². The van der Waals surface area contributed by atoms with Gasteiger partial charge in [0.2, 0.25) is 5.91 Å². The fraction of sp³-hybridized carbons (Fsp3) is 0.952. The van der Waals surface area contributed by atoms with Crippen LogP contribution in [0.4, 0.5) is 0 Å². The molecule has 3 heteroatoms. The number of amides is 1. The molecule has 2 aliphatic rings. The molecule has 0 saturated carbocycles. The molecule has 0 aromatic rings. The highest BCUT2D eigenvalue weighted by Crippen LogP contribution is 2.26. The van der Waals surface area contributed by atoms with Crippen molar-refractivity contribution in [3.63, 3.8) is 0 Å². The second-order valence-electron chi connectivity index (χ2n) is 8.98. The highest BCUT2D eigenvalue weighted by Gasteiger charge is 2.24. The Balaban J connectivity index is 1.57. The van der Waals surface area contributed by atoms with Crippen LogP contribution in [0.25, 0.3) is 0 Å². The van der Waals surface area contributed by atoms with Gasteiger partial charge in [0.05, 0.1) is 0 Å². The first kappa shape index (κ1) is 19.8. The monoisotopic (exact) mass is 336 g/mol. The van der Waals surface area contributed by atoms with Crippen molar-refractivity contribution in [3.05, 3.63) is 0 Å². The molecule has 2 fully saturated rings. The van der Waals surface area contributed by atoms with Gasteiger partial charge in [0, 0.05) is 19.5 Å². The lowest BCUT2D eigenvalue weighted by molar-refractivity contribution is -0.133. The van der Waals surface area contributed by atoms with E-state index in [2.05, 4.69) is 37.5 Å². The molecule has 0 bridgehead atoms. The van der Waals surface area contributed by atoms with E-state index in [0.717, 1.165) is 56.1 Å². The molecule has 0 unspecified atom stereocenters. The molecule has 24 heavy (non-hydrogen) atoms. The van der Waals surface area contributed by atoms with Gasteiger partial charge in [-0.3, -0.25) is 4.79 Å². The van der Waals surface area contributed by atoms with Crippen molar-refractivity contribution >= 4 is 5.91 Å². The van der Waals surface area contributed by atoms with E-state index in [-0.39, 0.29) is 0 Å². The largest absolute Gasteiger partial charge is 0.343 e. The molecular formula is C21H40N2O. The first-order valence-electron chi connectivity index (χ1n) is 10.5. The molecule has 2 saturated heterocycles. The van der Waals surface area contributed by atoms with Crippen LogP contribution in [0, 0.1) is 23.7 Å². The lowest BCUT2D eigenvalue weighted by Crippen LogP contribution is -2.40. The Morgan fingerprint density at radius 1 is 0.958 bits per heavy atom. The number of carbonyl (C=O) groups is 1. The second-order valence-corrected chi connectivity index (χ2v) is 8.98. The Morgan fingerprint density at radius 2 is 1.58 bits per heavy atom. The molecule has 0 radical (unpaired) electrons. The Kier molecular flexibility index (Phi) is 8.06. The van der Waals surface area contributed by atoms with Gasteiger partial charge >= 0.3 is 0 Å². The van der Waals surface area contributed by atoms with Crippen LogP contribution in [0.1, 0.15) is 72.6 Å². The third-order valence-corrected chi connectivity index (χ3v) is 6.21. The molecule has 0 atom stereocenters. The van der Waals surface area contributed by atoms with Crippen LogP contribution in [-0.4, -0.2) is 48.4 Å². The zero-order chi connectivity index (χ0) is 17.5. The summed E-state index contributed by atoms with van der Waals surface area (Å²) in [6, 6.07) is 0. The van der Waals surface area contributed by atoms with Crippen molar-refractivity contribution in [3.8, 4) is 0 Å². The van der Waals surface area contributed by atoms with Crippen molar-refractivity contribution in [2.75, 3.05) is 32.7 Å². The number of hydrogen-bond acceptors (Lipinski definition) is 2. The van der Waals surface area contributed by atoms with Crippen LogP contribution in [0.5, 0.6) is 0 Å². The van der Waals surface area contributed by atoms with E-state index in [1.165, 1.54) is 45.2 Å². The summed E-state index contributed by atoms with van der Waals surface area (Å²) in [6.45, 7) is 14.9. The molecule has 2 heterocycles. The van der Waals surface area contributed by atoms with E-state index < -0.39 is 0 Å². The fourth-order valence-electron chi connectivity index (χ4n) is 4.54. The number of carbonyl (C=O) groups excluding carboxylic acids is 1. The smallest absolute Gasteiger partial charge is 0.222 e. The molecule has 0 aliphatic carbocycles. The van der Waals surface area contributed by atoms with Gasteiger partial charge < -0.3 is 9.80 Å². The molecule has 0 N–H and O–H groups in total. The molecule has 140 valence electrons. The summed E-state index contributed by atoms with van der Waals surface area (Å²) in [7, 11) is 0. The highest BCUT2D eigenvalue weighted by atomic mass is 16.2. The summed E-state index contributed by atoms with van der Waals surface area (Å²) < 4.78 is 0. The van der Waals surface area contributed by atoms with Crippen LogP contribution >= 0.6 is 0 Å². The van der Waals surface area contributed by atoms with Crippen molar-refractivity contribution in [2.45, 2.75) is 72.6 Å². The topological polar surface area (TPSA) is 23.6 Å².